The Morgan fingerprint density at radius 2 is 1.76 bits per heavy atom. The third kappa shape index (κ3) is 4.90. The van der Waals surface area contributed by atoms with Gasteiger partial charge in [-0.25, -0.2) is 9.97 Å². The second kappa shape index (κ2) is 8.27. The zero-order valence-electron chi connectivity index (χ0n) is 14.3. The van der Waals surface area contributed by atoms with Crippen LogP contribution in [0, 0.1) is 0 Å². The Balaban J connectivity index is 1.49. The third-order valence-corrected chi connectivity index (χ3v) is 4.55. The normalized spacial score (nSPS) is 15.2. The number of carbonyl (C=O) groups is 1. The van der Waals surface area contributed by atoms with E-state index in [2.05, 4.69) is 32.1 Å². The van der Waals surface area contributed by atoms with Crippen LogP contribution in [0.25, 0.3) is 0 Å². The quantitative estimate of drug-likeness (QED) is 0.882. The summed E-state index contributed by atoms with van der Waals surface area (Å²) in [5.41, 5.74) is 1.61. The van der Waals surface area contributed by atoms with Crippen LogP contribution in [0.15, 0.2) is 36.7 Å². The molecule has 1 saturated heterocycles. The molecule has 0 spiro atoms. The molecule has 2 aromatic rings. The van der Waals surface area contributed by atoms with Crippen LogP contribution in [0.3, 0.4) is 0 Å². The van der Waals surface area contributed by atoms with Crippen LogP contribution in [0.4, 0.5) is 5.95 Å². The average molecular weight is 360 g/mol. The molecule has 1 aromatic carbocycles. The molecule has 0 atom stereocenters. The molecule has 0 unspecified atom stereocenters. The van der Waals surface area contributed by atoms with Gasteiger partial charge in [0.15, 0.2) is 0 Å². The van der Waals surface area contributed by atoms with Crippen molar-refractivity contribution in [2.45, 2.75) is 6.42 Å². The van der Waals surface area contributed by atoms with Gasteiger partial charge in [0.1, 0.15) is 0 Å². The lowest BCUT2D eigenvalue weighted by Crippen LogP contribution is -2.45. The summed E-state index contributed by atoms with van der Waals surface area (Å²) in [6, 6.07) is 7.62. The molecule has 25 heavy (non-hydrogen) atoms. The zero-order valence-corrected chi connectivity index (χ0v) is 15.0. The lowest BCUT2D eigenvalue weighted by atomic mass is 10.1. The van der Waals surface area contributed by atoms with E-state index in [1.807, 2.05) is 24.3 Å². The summed E-state index contributed by atoms with van der Waals surface area (Å²) >= 11 is 5.86. The number of piperazine rings is 1. The molecule has 1 aliphatic heterocycles. The van der Waals surface area contributed by atoms with E-state index in [0.29, 0.717) is 23.1 Å². The number of halogens is 1. The van der Waals surface area contributed by atoms with Crippen molar-refractivity contribution in [1.82, 2.24) is 20.2 Å². The van der Waals surface area contributed by atoms with Gasteiger partial charge in [-0.2, -0.15) is 0 Å². The van der Waals surface area contributed by atoms with Crippen LogP contribution in [-0.4, -0.2) is 60.5 Å². The molecule has 7 heteroatoms. The minimum Gasteiger partial charge on any atom is -0.352 e. The number of hydrogen-bond donors (Lipinski definition) is 1. The van der Waals surface area contributed by atoms with Crippen molar-refractivity contribution in [2.24, 2.45) is 0 Å². The number of hydrogen-bond acceptors (Lipinski definition) is 5. The van der Waals surface area contributed by atoms with Crippen LogP contribution in [0.2, 0.25) is 5.02 Å². The van der Waals surface area contributed by atoms with Gasteiger partial charge in [0.2, 0.25) is 5.95 Å². The fourth-order valence-electron chi connectivity index (χ4n) is 2.68. The molecule has 0 aliphatic carbocycles. The summed E-state index contributed by atoms with van der Waals surface area (Å²) in [4.78, 5) is 25.3. The topological polar surface area (TPSA) is 61.4 Å². The number of carbonyl (C=O) groups excluding carboxylic acids is 1. The predicted molar refractivity (Wildman–Crippen MR) is 99.2 cm³/mol. The highest BCUT2D eigenvalue weighted by Gasteiger charge is 2.16. The number of nitrogens with zero attached hydrogens (tertiary/aromatic N) is 4. The number of likely N-dealkylation sites (N-methyl/N-ethyl adjacent to an activating group) is 1. The number of anilines is 1. The van der Waals surface area contributed by atoms with Crippen LogP contribution >= 0.6 is 11.6 Å². The fourth-order valence-corrected chi connectivity index (χ4v) is 2.81. The van der Waals surface area contributed by atoms with E-state index < -0.39 is 0 Å². The van der Waals surface area contributed by atoms with Crippen molar-refractivity contribution in [3.8, 4) is 0 Å². The molecule has 3 rings (SSSR count). The molecule has 0 bridgehead atoms. The van der Waals surface area contributed by atoms with E-state index in [9.17, 15) is 4.79 Å². The monoisotopic (exact) mass is 359 g/mol. The van der Waals surface area contributed by atoms with Gasteiger partial charge in [-0.3, -0.25) is 4.79 Å². The number of amides is 1. The number of nitrogens with one attached hydrogen (secondary N) is 1. The lowest BCUT2D eigenvalue weighted by Gasteiger charge is -2.32. The molecule has 1 aromatic heterocycles. The second-order valence-corrected chi connectivity index (χ2v) is 6.63. The van der Waals surface area contributed by atoms with Crippen molar-refractivity contribution < 1.29 is 4.79 Å². The largest absolute Gasteiger partial charge is 0.352 e. The van der Waals surface area contributed by atoms with Crippen LogP contribution < -0.4 is 10.2 Å². The first-order chi connectivity index (χ1) is 12.1. The van der Waals surface area contributed by atoms with Crippen molar-refractivity contribution in [3.63, 3.8) is 0 Å². The van der Waals surface area contributed by atoms with Crippen LogP contribution in [0.5, 0.6) is 0 Å². The molecule has 2 heterocycles. The number of benzene rings is 1. The Morgan fingerprint density at radius 1 is 1.12 bits per heavy atom. The van der Waals surface area contributed by atoms with Gasteiger partial charge in [-0.05, 0) is 31.2 Å². The van der Waals surface area contributed by atoms with E-state index in [1.165, 1.54) is 0 Å². The van der Waals surface area contributed by atoms with E-state index in [4.69, 9.17) is 11.6 Å². The lowest BCUT2D eigenvalue weighted by molar-refractivity contribution is 0.0953. The Kier molecular flexibility index (Phi) is 5.83. The molecule has 1 fully saturated rings. The maximum absolute atomic E-state index is 12.2. The van der Waals surface area contributed by atoms with E-state index in [0.717, 1.165) is 38.2 Å². The Bertz CT molecular complexity index is 696. The van der Waals surface area contributed by atoms with Gasteiger partial charge in [-0.15, -0.1) is 0 Å². The van der Waals surface area contributed by atoms with Gasteiger partial charge >= 0.3 is 0 Å². The number of rotatable bonds is 5. The minimum absolute atomic E-state index is 0.154. The summed E-state index contributed by atoms with van der Waals surface area (Å²) in [5.74, 6) is 0.532. The fraction of sp³-hybridized carbons (Fsp3) is 0.389. The smallest absolute Gasteiger partial charge is 0.254 e. The molecular formula is C18H22ClN5O. The highest BCUT2D eigenvalue weighted by atomic mass is 35.5. The molecule has 0 radical (unpaired) electrons. The Hall–Kier alpha value is -2.18. The molecule has 1 aliphatic rings. The Labute approximate surface area is 152 Å². The van der Waals surface area contributed by atoms with Gasteiger partial charge in [-0.1, -0.05) is 23.7 Å². The first kappa shape index (κ1) is 17.6. The van der Waals surface area contributed by atoms with Crippen LogP contribution in [-0.2, 0) is 6.42 Å². The van der Waals surface area contributed by atoms with Crippen molar-refractivity contribution in [3.05, 3.63) is 52.8 Å². The molecule has 0 saturated carbocycles. The maximum Gasteiger partial charge on any atom is 0.254 e. The van der Waals surface area contributed by atoms with E-state index in [1.54, 1.807) is 12.4 Å². The van der Waals surface area contributed by atoms with E-state index in [-0.39, 0.29) is 5.91 Å². The predicted octanol–water partition coefficient (Wildman–Crippen LogP) is 1.85. The summed E-state index contributed by atoms with van der Waals surface area (Å²) in [6.07, 6.45) is 3.94. The Morgan fingerprint density at radius 3 is 2.40 bits per heavy atom. The SMILES string of the molecule is CN1CCN(c2ncc(C(=O)NCCc3ccc(Cl)cc3)cn2)CC1. The summed E-state index contributed by atoms with van der Waals surface area (Å²) in [6.45, 7) is 4.36. The van der Waals surface area contributed by atoms with Gasteiger partial charge in [0.05, 0.1) is 5.56 Å². The first-order valence-corrected chi connectivity index (χ1v) is 8.78. The summed E-state index contributed by atoms with van der Waals surface area (Å²) in [5, 5.41) is 3.61. The highest BCUT2D eigenvalue weighted by Crippen LogP contribution is 2.11. The molecule has 1 N–H and O–H groups in total. The van der Waals surface area contributed by atoms with E-state index >= 15 is 0 Å². The zero-order chi connectivity index (χ0) is 17.6. The second-order valence-electron chi connectivity index (χ2n) is 6.19. The highest BCUT2D eigenvalue weighted by molar-refractivity contribution is 6.30. The molecular weight excluding hydrogens is 338 g/mol. The summed E-state index contributed by atoms with van der Waals surface area (Å²) < 4.78 is 0. The minimum atomic E-state index is -0.154. The van der Waals surface area contributed by atoms with Gasteiger partial charge in [0, 0.05) is 50.1 Å². The molecule has 132 valence electrons. The van der Waals surface area contributed by atoms with Crippen LogP contribution in [0.1, 0.15) is 15.9 Å². The maximum atomic E-state index is 12.2. The first-order valence-electron chi connectivity index (χ1n) is 8.40. The summed E-state index contributed by atoms with van der Waals surface area (Å²) in [7, 11) is 2.11. The number of aromatic nitrogens is 2. The third-order valence-electron chi connectivity index (χ3n) is 4.30. The van der Waals surface area contributed by atoms with Gasteiger partial charge in [0.25, 0.3) is 5.91 Å². The van der Waals surface area contributed by atoms with Crippen molar-refractivity contribution in [1.29, 1.82) is 0 Å². The van der Waals surface area contributed by atoms with Gasteiger partial charge < -0.3 is 15.1 Å². The molecule has 6 nitrogen and oxygen atoms in total. The average Bonchev–Trinajstić information content (AvgIpc) is 2.64. The van der Waals surface area contributed by atoms with Crippen molar-refractivity contribution in [2.75, 3.05) is 44.7 Å². The molecule has 1 amide bonds. The van der Waals surface area contributed by atoms with Crippen molar-refractivity contribution >= 4 is 23.5 Å². The standard InChI is InChI=1S/C18H22ClN5O/c1-23-8-10-24(11-9-23)18-21-12-15(13-22-18)17(25)20-7-6-14-2-4-16(19)5-3-14/h2-5,12-13H,6-11H2,1H3,(H,20,25).